The summed E-state index contributed by atoms with van der Waals surface area (Å²) in [5.74, 6) is -0.0126. The molecule has 2 N–H and O–H groups in total. The van der Waals surface area contributed by atoms with E-state index in [9.17, 15) is 4.79 Å². The maximum Gasteiger partial charge on any atom is 0.257 e. The summed E-state index contributed by atoms with van der Waals surface area (Å²) in [4.78, 5) is 18.7. The van der Waals surface area contributed by atoms with Crippen LogP contribution in [0.3, 0.4) is 0 Å². The lowest BCUT2D eigenvalue weighted by atomic mass is 9.92. The Hall–Kier alpha value is -1.95. The minimum atomic E-state index is -0.105. The number of fused-ring (bicyclic) bond motifs is 1. The molecule has 0 fully saturated rings. The molecule has 2 aromatic heterocycles. The standard InChI is InChI=1S/C15H23N5O/c1-4-6-19(11-15(2,3)10-16)14(21)12-8-18-20-7-5-17-9-13(12)20/h5,7-9H,4,6,10-11,16H2,1-3H3. The fourth-order valence-corrected chi connectivity index (χ4v) is 2.27. The van der Waals surface area contributed by atoms with Crippen LogP contribution in [0.25, 0.3) is 5.52 Å². The third-order valence-corrected chi connectivity index (χ3v) is 3.51. The van der Waals surface area contributed by atoms with Gasteiger partial charge in [-0.2, -0.15) is 5.10 Å². The maximum absolute atomic E-state index is 12.8. The first kappa shape index (κ1) is 15.4. The third kappa shape index (κ3) is 3.39. The molecule has 0 saturated carbocycles. The van der Waals surface area contributed by atoms with Crippen LogP contribution in [0.1, 0.15) is 37.6 Å². The molecule has 0 aromatic carbocycles. The van der Waals surface area contributed by atoms with Crippen molar-refractivity contribution in [3.63, 3.8) is 0 Å². The van der Waals surface area contributed by atoms with Crippen LogP contribution >= 0.6 is 0 Å². The molecule has 21 heavy (non-hydrogen) atoms. The molecule has 2 heterocycles. The lowest BCUT2D eigenvalue weighted by Crippen LogP contribution is -2.42. The summed E-state index contributed by atoms with van der Waals surface area (Å²) >= 11 is 0. The quantitative estimate of drug-likeness (QED) is 0.875. The summed E-state index contributed by atoms with van der Waals surface area (Å²) in [5.41, 5.74) is 7.01. The Balaban J connectivity index is 2.30. The average Bonchev–Trinajstić information content (AvgIpc) is 2.90. The van der Waals surface area contributed by atoms with Crippen molar-refractivity contribution < 1.29 is 4.79 Å². The van der Waals surface area contributed by atoms with Crippen molar-refractivity contribution >= 4 is 11.4 Å². The summed E-state index contributed by atoms with van der Waals surface area (Å²) in [7, 11) is 0. The number of carbonyl (C=O) groups is 1. The predicted molar refractivity (Wildman–Crippen MR) is 82.0 cm³/mol. The molecule has 6 nitrogen and oxygen atoms in total. The van der Waals surface area contributed by atoms with Crippen LogP contribution in [-0.4, -0.2) is 45.0 Å². The molecule has 0 spiro atoms. The van der Waals surface area contributed by atoms with Crippen molar-refractivity contribution in [2.45, 2.75) is 27.2 Å². The van der Waals surface area contributed by atoms with E-state index in [0.29, 0.717) is 25.2 Å². The monoisotopic (exact) mass is 289 g/mol. The number of nitrogens with two attached hydrogens (primary N) is 1. The van der Waals surface area contributed by atoms with Gasteiger partial charge >= 0.3 is 0 Å². The highest BCUT2D eigenvalue weighted by Crippen LogP contribution is 2.19. The van der Waals surface area contributed by atoms with E-state index in [0.717, 1.165) is 11.9 Å². The number of rotatable bonds is 6. The van der Waals surface area contributed by atoms with Crippen molar-refractivity contribution in [1.82, 2.24) is 19.5 Å². The Morgan fingerprint density at radius 2 is 2.19 bits per heavy atom. The lowest BCUT2D eigenvalue weighted by Gasteiger charge is -2.31. The molecule has 0 atom stereocenters. The molecule has 0 saturated heterocycles. The van der Waals surface area contributed by atoms with Crippen LogP contribution in [0.15, 0.2) is 24.8 Å². The first-order chi connectivity index (χ1) is 9.98. The Kier molecular flexibility index (Phi) is 4.57. The van der Waals surface area contributed by atoms with Crippen LogP contribution in [0, 0.1) is 5.41 Å². The van der Waals surface area contributed by atoms with Gasteiger partial charge < -0.3 is 10.6 Å². The van der Waals surface area contributed by atoms with E-state index >= 15 is 0 Å². The molecule has 2 aromatic rings. The fourth-order valence-electron chi connectivity index (χ4n) is 2.27. The number of nitrogens with zero attached hydrogens (tertiary/aromatic N) is 4. The van der Waals surface area contributed by atoms with Crippen LogP contribution in [0.4, 0.5) is 0 Å². The van der Waals surface area contributed by atoms with E-state index in [1.807, 2.05) is 4.90 Å². The Labute approximate surface area is 125 Å². The fraction of sp³-hybridized carbons (Fsp3) is 0.533. The van der Waals surface area contributed by atoms with Gasteiger partial charge in [-0.3, -0.25) is 9.78 Å². The van der Waals surface area contributed by atoms with Crippen molar-refractivity contribution in [3.05, 3.63) is 30.4 Å². The molecular weight excluding hydrogens is 266 g/mol. The van der Waals surface area contributed by atoms with E-state index in [1.165, 1.54) is 0 Å². The van der Waals surface area contributed by atoms with Crippen molar-refractivity contribution in [3.8, 4) is 0 Å². The third-order valence-electron chi connectivity index (χ3n) is 3.51. The van der Waals surface area contributed by atoms with Crippen molar-refractivity contribution in [2.75, 3.05) is 19.6 Å². The molecule has 0 aliphatic carbocycles. The molecule has 1 amide bonds. The number of amides is 1. The molecule has 0 unspecified atom stereocenters. The van der Waals surface area contributed by atoms with Crippen LogP contribution in [0.5, 0.6) is 0 Å². The zero-order chi connectivity index (χ0) is 15.5. The van der Waals surface area contributed by atoms with E-state index in [1.54, 1.807) is 29.3 Å². The van der Waals surface area contributed by atoms with Crippen LogP contribution < -0.4 is 5.73 Å². The normalized spacial score (nSPS) is 11.8. The summed E-state index contributed by atoms with van der Waals surface area (Å²) in [5, 5.41) is 4.20. The van der Waals surface area contributed by atoms with Gasteiger partial charge in [-0.05, 0) is 18.4 Å². The average molecular weight is 289 g/mol. The topological polar surface area (TPSA) is 76.5 Å². The van der Waals surface area contributed by atoms with Gasteiger partial charge in [0.15, 0.2) is 0 Å². The largest absolute Gasteiger partial charge is 0.338 e. The second kappa shape index (κ2) is 6.22. The minimum absolute atomic E-state index is 0.0126. The van der Waals surface area contributed by atoms with Crippen molar-refractivity contribution in [1.29, 1.82) is 0 Å². The van der Waals surface area contributed by atoms with E-state index < -0.39 is 0 Å². The number of carbonyl (C=O) groups excluding carboxylic acids is 1. The number of hydrogen-bond donors (Lipinski definition) is 1. The SMILES string of the molecule is CCCN(CC(C)(C)CN)C(=O)c1cnn2ccncc12. The Morgan fingerprint density at radius 3 is 2.86 bits per heavy atom. The van der Waals surface area contributed by atoms with Gasteiger partial charge in [0.05, 0.1) is 23.5 Å². The Morgan fingerprint density at radius 1 is 1.43 bits per heavy atom. The first-order valence-corrected chi connectivity index (χ1v) is 7.25. The highest BCUT2D eigenvalue weighted by atomic mass is 16.2. The molecule has 2 rings (SSSR count). The summed E-state index contributed by atoms with van der Waals surface area (Å²) < 4.78 is 1.67. The maximum atomic E-state index is 12.8. The molecule has 6 heteroatoms. The van der Waals surface area contributed by atoms with Crippen LogP contribution in [0.2, 0.25) is 0 Å². The second-order valence-corrected chi connectivity index (χ2v) is 6.06. The van der Waals surface area contributed by atoms with Gasteiger partial charge in [0.1, 0.15) is 0 Å². The minimum Gasteiger partial charge on any atom is -0.338 e. The van der Waals surface area contributed by atoms with Gasteiger partial charge in [0.25, 0.3) is 5.91 Å². The summed E-state index contributed by atoms with van der Waals surface area (Å²) in [6.45, 7) is 8.08. The molecule has 0 aliphatic rings. The second-order valence-electron chi connectivity index (χ2n) is 6.06. The molecule has 0 radical (unpaired) electrons. The van der Waals surface area contributed by atoms with E-state index in [-0.39, 0.29) is 11.3 Å². The van der Waals surface area contributed by atoms with Gasteiger partial charge in [-0.25, -0.2) is 4.52 Å². The molecular formula is C15H23N5O. The number of aromatic nitrogens is 3. The zero-order valence-electron chi connectivity index (χ0n) is 12.9. The van der Waals surface area contributed by atoms with E-state index in [2.05, 4.69) is 30.9 Å². The lowest BCUT2D eigenvalue weighted by molar-refractivity contribution is 0.0691. The summed E-state index contributed by atoms with van der Waals surface area (Å²) in [6, 6.07) is 0. The molecule has 0 aliphatic heterocycles. The predicted octanol–water partition coefficient (Wildman–Crippen LogP) is 1.57. The van der Waals surface area contributed by atoms with Gasteiger partial charge in [0.2, 0.25) is 0 Å². The molecule has 0 bridgehead atoms. The Bertz CT molecular complexity index is 619. The zero-order valence-corrected chi connectivity index (χ0v) is 12.9. The summed E-state index contributed by atoms with van der Waals surface area (Å²) in [6.07, 6.45) is 7.56. The molecule has 114 valence electrons. The first-order valence-electron chi connectivity index (χ1n) is 7.25. The van der Waals surface area contributed by atoms with Crippen LogP contribution in [-0.2, 0) is 0 Å². The highest BCUT2D eigenvalue weighted by molar-refractivity contribution is 6.00. The highest BCUT2D eigenvalue weighted by Gasteiger charge is 2.25. The number of hydrogen-bond acceptors (Lipinski definition) is 4. The van der Waals surface area contributed by atoms with Gasteiger partial charge in [0, 0.05) is 25.5 Å². The van der Waals surface area contributed by atoms with Crippen molar-refractivity contribution in [2.24, 2.45) is 11.1 Å². The van der Waals surface area contributed by atoms with Gasteiger partial charge in [-0.1, -0.05) is 20.8 Å². The smallest absolute Gasteiger partial charge is 0.257 e. The van der Waals surface area contributed by atoms with E-state index in [4.69, 9.17) is 5.73 Å². The van der Waals surface area contributed by atoms with Gasteiger partial charge in [-0.15, -0.1) is 0 Å².